The third-order valence-corrected chi connectivity index (χ3v) is 13.7. The molecule has 1 aliphatic heterocycles. The summed E-state index contributed by atoms with van der Waals surface area (Å²) in [5.41, 5.74) is 0. The van der Waals surface area contributed by atoms with E-state index in [9.17, 15) is 0 Å². The minimum atomic E-state index is -1.01. The molecular weight excluding hydrogens is 197 g/mol. The molecule has 1 rings (SSSR count). The fourth-order valence-corrected chi connectivity index (χ4v) is 16.8. The van der Waals surface area contributed by atoms with Gasteiger partial charge in [-0.15, -0.1) is 0 Å². The van der Waals surface area contributed by atoms with Crippen molar-refractivity contribution < 1.29 is 0 Å². The number of rotatable bonds is 2. The van der Waals surface area contributed by atoms with E-state index >= 15 is 0 Å². The molecule has 1 unspecified atom stereocenters. The molecule has 1 saturated heterocycles. The van der Waals surface area contributed by atoms with Gasteiger partial charge in [-0.25, -0.2) is 0 Å². The molecular formula is C10H25LiNSi2. The van der Waals surface area contributed by atoms with Gasteiger partial charge in [-0.2, -0.15) is 0 Å². The van der Waals surface area contributed by atoms with Crippen molar-refractivity contribution in [3.05, 3.63) is 6.92 Å². The molecule has 0 aromatic carbocycles. The average molecular weight is 222 g/mol. The van der Waals surface area contributed by atoms with Crippen molar-refractivity contribution in [3.8, 4) is 0 Å². The first-order valence-corrected chi connectivity index (χ1v) is 11.7. The van der Waals surface area contributed by atoms with Crippen LogP contribution < -0.4 is 0 Å². The molecule has 1 atom stereocenters. The summed E-state index contributed by atoms with van der Waals surface area (Å²) in [7, 11) is -2.03. The van der Waals surface area contributed by atoms with E-state index in [0.717, 1.165) is 0 Å². The van der Waals surface area contributed by atoms with Crippen LogP contribution in [0.15, 0.2) is 0 Å². The third-order valence-electron chi connectivity index (χ3n) is 3.30. The number of hydrogen-bond donors (Lipinski definition) is 0. The summed E-state index contributed by atoms with van der Waals surface area (Å²) in [6.07, 6.45) is 0. The Morgan fingerprint density at radius 2 is 1.50 bits per heavy atom. The second-order valence-electron chi connectivity index (χ2n) is 5.84. The molecule has 0 spiro atoms. The predicted molar refractivity (Wildman–Crippen MR) is 73.0 cm³/mol. The van der Waals surface area contributed by atoms with E-state index in [2.05, 4.69) is 44.3 Å². The van der Waals surface area contributed by atoms with Crippen LogP contribution in [0.25, 0.3) is 0 Å². The van der Waals surface area contributed by atoms with E-state index in [1.807, 2.05) is 0 Å². The first kappa shape index (κ1) is 15.0. The fourth-order valence-electron chi connectivity index (χ4n) is 2.51. The van der Waals surface area contributed by atoms with Gasteiger partial charge in [0.05, 0.1) is 0 Å². The Morgan fingerprint density at radius 3 is 1.79 bits per heavy atom. The molecule has 0 aliphatic carbocycles. The third kappa shape index (κ3) is 3.25. The standard InChI is InChI=1S/C10H24NSi2.Li.H/c1-10(2)9-11-12(3,4)7-8-13(11,5)6;;/h10H,1,7-9H2,2-6H3;;. The van der Waals surface area contributed by atoms with Gasteiger partial charge in [0.25, 0.3) is 0 Å². The molecule has 0 aromatic rings. The Labute approximate surface area is 104 Å². The van der Waals surface area contributed by atoms with Gasteiger partial charge in [0.15, 0.2) is 0 Å². The average Bonchev–Trinajstić information content (AvgIpc) is 2.12. The van der Waals surface area contributed by atoms with Gasteiger partial charge in [0.1, 0.15) is 16.5 Å². The van der Waals surface area contributed by atoms with E-state index in [1.54, 1.807) is 0 Å². The molecule has 1 nitrogen and oxygen atoms in total. The van der Waals surface area contributed by atoms with Gasteiger partial charge in [-0.05, 0) is 31.5 Å². The summed E-state index contributed by atoms with van der Waals surface area (Å²) >= 11 is 0. The van der Waals surface area contributed by atoms with Gasteiger partial charge >= 0.3 is 18.9 Å². The van der Waals surface area contributed by atoms with Crippen molar-refractivity contribution in [3.63, 3.8) is 0 Å². The van der Waals surface area contributed by atoms with Crippen molar-refractivity contribution in [2.45, 2.75) is 45.2 Å². The van der Waals surface area contributed by atoms with Crippen LogP contribution in [0.2, 0.25) is 38.3 Å². The van der Waals surface area contributed by atoms with E-state index < -0.39 is 16.5 Å². The van der Waals surface area contributed by atoms with Crippen molar-refractivity contribution in [2.24, 2.45) is 5.92 Å². The summed E-state index contributed by atoms with van der Waals surface area (Å²) < 4.78 is 2.90. The fraction of sp³-hybridized carbons (Fsp3) is 0.900. The normalized spacial score (nSPS) is 25.1. The van der Waals surface area contributed by atoms with E-state index in [-0.39, 0.29) is 18.9 Å². The second-order valence-corrected chi connectivity index (χ2v) is 15.6. The van der Waals surface area contributed by atoms with Crippen molar-refractivity contribution in [1.29, 1.82) is 0 Å². The summed E-state index contributed by atoms with van der Waals surface area (Å²) in [4.78, 5) is 0. The Kier molecular flexibility index (Phi) is 5.23. The number of hydrogen-bond acceptors (Lipinski definition) is 1. The van der Waals surface area contributed by atoms with E-state index in [4.69, 9.17) is 0 Å². The van der Waals surface area contributed by atoms with E-state index in [0.29, 0.717) is 5.92 Å². The molecule has 0 amide bonds. The summed E-state index contributed by atoms with van der Waals surface area (Å²) in [6, 6.07) is 3.03. The zero-order valence-corrected chi connectivity index (χ0v) is 11.9. The molecule has 0 bridgehead atoms. The van der Waals surface area contributed by atoms with Crippen molar-refractivity contribution in [1.82, 2.24) is 4.23 Å². The first-order chi connectivity index (χ1) is 5.76. The van der Waals surface area contributed by atoms with Gasteiger partial charge < -0.3 is 4.23 Å². The number of nitrogens with zero attached hydrogens (tertiary/aromatic N) is 1. The van der Waals surface area contributed by atoms with Crippen molar-refractivity contribution >= 4 is 35.3 Å². The monoisotopic (exact) mass is 222 g/mol. The van der Waals surface area contributed by atoms with Crippen LogP contribution in [-0.2, 0) is 0 Å². The van der Waals surface area contributed by atoms with Crippen LogP contribution in [0.4, 0.5) is 0 Å². The van der Waals surface area contributed by atoms with Crippen LogP contribution in [0.3, 0.4) is 0 Å². The summed E-state index contributed by atoms with van der Waals surface area (Å²) in [5.74, 6) is 0.594. The summed E-state index contributed by atoms with van der Waals surface area (Å²) in [5, 5.41) is 0. The molecule has 0 saturated carbocycles. The zero-order chi connectivity index (χ0) is 10.3. The van der Waals surface area contributed by atoms with Crippen LogP contribution in [0.5, 0.6) is 0 Å². The SMILES string of the molecule is [CH2]C(C)CN1[Si](C)(C)CC[Si]1(C)C.[LiH]. The van der Waals surface area contributed by atoms with Gasteiger partial charge in [-0.1, -0.05) is 33.1 Å². The van der Waals surface area contributed by atoms with Crippen LogP contribution in [0.1, 0.15) is 6.92 Å². The van der Waals surface area contributed by atoms with Crippen molar-refractivity contribution in [2.75, 3.05) is 6.54 Å². The molecule has 4 heteroatoms. The Bertz CT molecular complexity index is 177. The summed E-state index contributed by atoms with van der Waals surface area (Å²) in [6.45, 7) is 17.7. The molecule has 14 heavy (non-hydrogen) atoms. The quantitative estimate of drug-likeness (QED) is 0.649. The predicted octanol–water partition coefficient (Wildman–Crippen LogP) is 2.53. The Balaban J connectivity index is 0.00000169. The molecule has 1 fully saturated rings. The molecule has 0 N–H and O–H groups in total. The Hall–Kier alpha value is 0.991. The zero-order valence-electron chi connectivity index (χ0n) is 9.85. The van der Waals surface area contributed by atoms with Gasteiger partial charge in [0.2, 0.25) is 0 Å². The van der Waals surface area contributed by atoms with Gasteiger partial charge in [-0.3, -0.25) is 0 Å². The molecule has 0 aromatic heterocycles. The Morgan fingerprint density at radius 1 is 1.14 bits per heavy atom. The topological polar surface area (TPSA) is 3.24 Å². The van der Waals surface area contributed by atoms with Gasteiger partial charge in [0, 0.05) is 0 Å². The maximum absolute atomic E-state index is 4.14. The molecule has 1 aliphatic rings. The minimum absolute atomic E-state index is 0. The van der Waals surface area contributed by atoms with E-state index in [1.165, 1.54) is 18.6 Å². The molecule has 1 heterocycles. The second kappa shape index (κ2) is 4.88. The first-order valence-electron chi connectivity index (χ1n) is 5.36. The molecule has 1 radical (unpaired) electrons. The van der Waals surface area contributed by atoms with Crippen LogP contribution in [0, 0.1) is 12.8 Å². The molecule has 79 valence electrons. The maximum atomic E-state index is 4.14. The van der Waals surface area contributed by atoms with Crippen LogP contribution in [-0.4, -0.2) is 46.1 Å². The van der Waals surface area contributed by atoms with Crippen LogP contribution >= 0.6 is 0 Å².